The third-order valence-electron chi connectivity index (χ3n) is 3.55. The molecule has 0 aromatic heterocycles. The van der Waals surface area contributed by atoms with Crippen LogP contribution in [0.25, 0.3) is 0 Å². The van der Waals surface area contributed by atoms with Crippen molar-refractivity contribution in [1.29, 1.82) is 0 Å². The lowest BCUT2D eigenvalue weighted by atomic mass is 10.0. The van der Waals surface area contributed by atoms with Crippen molar-refractivity contribution in [2.45, 2.75) is 38.2 Å². The minimum Gasteiger partial charge on any atom is -0.508 e. The smallest absolute Gasteiger partial charge is 0.115 e. The van der Waals surface area contributed by atoms with E-state index in [-0.39, 0.29) is 11.9 Å². The fourth-order valence-electron chi connectivity index (χ4n) is 2.33. The number of phenols is 1. The molecule has 2 N–H and O–H groups in total. The van der Waals surface area contributed by atoms with Crippen LogP contribution < -0.4 is 0 Å². The summed E-state index contributed by atoms with van der Waals surface area (Å²) >= 11 is 0. The van der Waals surface area contributed by atoms with Gasteiger partial charge in [0.2, 0.25) is 0 Å². The first-order valence-electron chi connectivity index (χ1n) is 7.24. The molecule has 0 saturated carbocycles. The third kappa shape index (κ3) is 5.06. The molecule has 1 atom stereocenters. The van der Waals surface area contributed by atoms with Crippen molar-refractivity contribution in [1.82, 2.24) is 0 Å². The first-order valence-corrected chi connectivity index (χ1v) is 7.24. The van der Waals surface area contributed by atoms with Crippen molar-refractivity contribution in [3.63, 3.8) is 0 Å². The van der Waals surface area contributed by atoms with Gasteiger partial charge < -0.3 is 10.2 Å². The van der Waals surface area contributed by atoms with Gasteiger partial charge in [-0.1, -0.05) is 42.5 Å². The second-order valence-corrected chi connectivity index (χ2v) is 5.24. The van der Waals surface area contributed by atoms with E-state index < -0.39 is 0 Å². The summed E-state index contributed by atoms with van der Waals surface area (Å²) < 4.78 is 0. The van der Waals surface area contributed by atoms with E-state index in [2.05, 4.69) is 24.3 Å². The predicted octanol–water partition coefficient (Wildman–Crippen LogP) is 3.71. The number of aliphatic hydroxyl groups excluding tert-OH is 1. The van der Waals surface area contributed by atoms with Gasteiger partial charge in [0.1, 0.15) is 5.75 Å². The summed E-state index contributed by atoms with van der Waals surface area (Å²) in [5.74, 6) is 0.289. The molecule has 0 spiro atoms. The fourth-order valence-corrected chi connectivity index (χ4v) is 2.33. The minimum absolute atomic E-state index is 0.243. The molecular weight excluding hydrogens is 248 g/mol. The molecule has 20 heavy (non-hydrogen) atoms. The Bertz CT molecular complexity index is 491. The summed E-state index contributed by atoms with van der Waals surface area (Å²) in [7, 11) is 0. The molecule has 0 fully saturated rings. The molecule has 2 rings (SSSR count). The molecule has 0 saturated heterocycles. The number of aliphatic hydroxyl groups is 1. The van der Waals surface area contributed by atoms with Gasteiger partial charge in [-0.25, -0.2) is 0 Å². The summed E-state index contributed by atoms with van der Waals surface area (Å²) in [6.07, 6.45) is 4.27. The number of hydrogen-bond donors (Lipinski definition) is 2. The monoisotopic (exact) mass is 270 g/mol. The van der Waals surface area contributed by atoms with E-state index in [9.17, 15) is 10.2 Å². The lowest BCUT2D eigenvalue weighted by Gasteiger charge is -2.10. The number of rotatable bonds is 7. The maximum absolute atomic E-state index is 9.99. The Morgan fingerprint density at radius 3 is 2.10 bits per heavy atom. The molecule has 1 unspecified atom stereocenters. The van der Waals surface area contributed by atoms with Crippen molar-refractivity contribution in [2.75, 3.05) is 0 Å². The van der Waals surface area contributed by atoms with E-state index in [1.54, 1.807) is 12.1 Å². The summed E-state index contributed by atoms with van der Waals surface area (Å²) in [6, 6.07) is 17.6. The van der Waals surface area contributed by atoms with Crippen molar-refractivity contribution in [3.05, 3.63) is 65.7 Å². The zero-order valence-electron chi connectivity index (χ0n) is 11.7. The Morgan fingerprint density at radius 1 is 0.750 bits per heavy atom. The van der Waals surface area contributed by atoms with E-state index in [1.165, 1.54) is 5.56 Å². The highest BCUT2D eigenvalue weighted by Crippen LogP contribution is 2.14. The predicted molar refractivity (Wildman–Crippen MR) is 81.8 cm³/mol. The fraction of sp³-hybridized carbons (Fsp3) is 0.333. The first-order chi connectivity index (χ1) is 9.74. The number of benzene rings is 2. The molecule has 2 aromatic rings. The van der Waals surface area contributed by atoms with Gasteiger partial charge >= 0.3 is 0 Å². The average molecular weight is 270 g/mol. The Kier molecular flexibility index (Phi) is 5.63. The molecule has 0 amide bonds. The molecule has 2 aromatic carbocycles. The minimum atomic E-state index is -0.243. The largest absolute Gasteiger partial charge is 0.508 e. The van der Waals surface area contributed by atoms with Crippen LogP contribution in [-0.4, -0.2) is 16.3 Å². The van der Waals surface area contributed by atoms with Gasteiger partial charge in [-0.2, -0.15) is 0 Å². The Balaban J connectivity index is 1.65. The highest BCUT2D eigenvalue weighted by Gasteiger charge is 2.05. The normalized spacial score (nSPS) is 12.2. The van der Waals surface area contributed by atoms with Crippen molar-refractivity contribution < 1.29 is 10.2 Å². The molecule has 0 aliphatic heterocycles. The van der Waals surface area contributed by atoms with Gasteiger partial charge in [-0.05, 0) is 55.4 Å². The van der Waals surface area contributed by atoms with Gasteiger partial charge in [-0.15, -0.1) is 0 Å². The SMILES string of the molecule is Oc1ccc(CCC(O)CCCc2ccccc2)cc1. The van der Waals surface area contributed by atoms with Gasteiger partial charge in [-0.3, -0.25) is 0 Å². The summed E-state index contributed by atoms with van der Waals surface area (Å²) in [5.41, 5.74) is 2.49. The Labute approximate surface area is 120 Å². The zero-order valence-corrected chi connectivity index (χ0v) is 11.7. The first kappa shape index (κ1) is 14.6. The van der Waals surface area contributed by atoms with Gasteiger partial charge in [0, 0.05) is 0 Å². The summed E-state index contributed by atoms with van der Waals surface area (Å²) in [4.78, 5) is 0. The highest BCUT2D eigenvalue weighted by atomic mass is 16.3. The zero-order chi connectivity index (χ0) is 14.2. The van der Waals surface area contributed by atoms with E-state index in [1.807, 2.05) is 18.2 Å². The molecule has 0 bridgehead atoms. The lowest BCUT2D eigenvalue weighted by Crippen LogP contribution is -2.08. The molecule has 0 radical (unpaired) electrons. The average Bonchev–Trinajstić information content (AvgIpc) is 2.48. The van der Waals surface area contributed by atoms with Crippen LogP contribution in [-0.2, 0) is 12.8 Å². The van der Waals surface area contributed by atoms with Crippen LogP contribution in [0.2, 0.25) is 0 Å². The number of aryl methyl sites for hydroxylation is 2. The van der Waals surface area contributed by atoms with E-state index >= 15 is 0 Å². The highest BCUT2D eigenvalue weighted by molar-refractivity contribution is 5.25. The van der Waals surface area contributed by atoms with Gasteiger partial charge in [0.15, 0.2) is 0 Å². The topological polar surface area (TPSA) is 40.5 Å². The molecule has 2 nitrogen and oxygen atoms in total. The van der Waals surface area contributed by atoms with Crippen LogP contribution in [0.3, 0.4) is 0 Å². The molecule has 0 heterocycles. The number of hydrogen-bond acceptors (Lipinski definition) is 2. The summed E-state index contributed by atoms with van der Waals surface area (Å²) in [5, 5.41) is 19.2. The molecule has 0 aliphatic carbocycles. The van der Waals surface area contributed by atoms with Crippen LogP contribution in [0.15, 0.2) is 54.6 Å². The maximum atomic E-state index is 9.99. The Morgan fingerprint density at radius 2 is 1.40 bits per heavy atom. The van der Waals surface area contributed by atoms with Crippen LogP contribution in [0.5, 0.6) is 5.75 Å². The number of phenolic OH excluding ortho intramolecular Hbond substituents is 1. The van der Waals surface area contributed by atoms with Gasteiger partial charge in [0.25, 0.3) is 0 Å². The quantitative estimate of drug-likeness (QED) is 0.805. The Hall–Kier alpha value is -1.80. The van der Waals surface area contributed by atoms with Crippen molar-refractivity contribution in [3.8, 4) is 5.75 Å². The molecule has 0 aliphatic rings. The second-order valence-electron chi connectivity index (χ2n) is 5.24. The molecule has 106 valence electrons. The van der Waals surface area contributed by atoms with Crippen LogP contribution in [0.4, 0.5) is 0 Å². The standard InChI is InChI=1S/C18H22O2/c19-17(8-4-7-15-5-2-1-3-6-15)12-9-16-10-13-18(20)14-11-16/h1-3,5-6,10-11,13-14,17,19-20H,4,7-9,12H2. The van der Waals surface area contributed by atoms with Crippen LogP contribution in [0.1, 0.15) is 30.4 Å². The van der Waals surface area contributed by atoms with Gasteiger partial charge in [0.05, 0.1) is 6.10 Å². The second kappa shape index (κ2) is 7.71. The lowest BCUT2D eigenvalue weighted by molar-refractivity contribution is 0.152. The van der Waals surface area contributed by atoms with Crippen LogP contribution >= 0.6 is 0 Å². The van der Waals surface area contributed by atoms with Crippen LogP contribution in [0, 0.1) is 0 Å². The van der Waals surface area contributed by atoms with Crippen molar-refractivity contribution in [2.24, 2.45) is 0 Å². The van der Waals surface area contributed by atoms with E-state index in [4.69, 9.17) is 0 Å². The summed E-state index contributed by atoms with van der Waals surface area (Å²) in [6.45, 7) is 0. The molecular formula is C18H22O2. The van der Waals surface area contributed by atoms with E-state index in [0.717, 1.165) is 37.7 Å². The van der Waals surface area contributed by atoms with Crippen molar-refractivity contribution >= 4 is 0 Å². The van der Waals surface area contributed by atoms with E-state index in [0.29, 0.717) is 0 Å². The molecule has 2 heteroatoms. The number of aromatic hydroxyl groups is 1. The third-order valence-corrected chi connectivity index (χ3v) is 3.55. The maximum Gasteiger partial charge on any atom is 0.115 e.